The number of hydrogen-bond acceptors (Lipinski definition) is 5. The van der Waals surface area contributed by atoms with Gasteiger partial charge in [-0.3, -0.25) is 4.31 Å². The molecule has 9 heteroatoms. The van der Waals surface area contributed by atoms with Crippen LogP contribution in [0.5, 0.6) is 0 Å². The molecule has 1 atom stereocenters. The molecule has 0 spiro atoms. The lowest BCUT2D eigenvalue weighted by Crippen LogP contribution is -2.39. The van der Waals surface area contributed by atoms with Gasteiger partial charge in [-0.1, -0.05) is 36.4 Å². The standard InChI is InChI=1S/C25H17F2N3O3S/c26-17-10-8-15(9-11-17)14-30-21-7-2-1-6-19(21)23-24(34(30,31)32)22(20(13-28)25(29)33-23)16-4-3-5-18(27)12-16/h1-12,22H,14,29H2/t22-/m1/s1. The van der Waals surface area contributed by atoms with Crippen molar-refractivity contribution in [2.24, 2.45) is 5.73 Å². The zero-order valence-corrected chi connectivity index (χ0v) is 18.4. The molecule has 2 aliphatic heterocycles. The van der Waals surface area contributed by atoms with Gasteiger partial charge in [-0.25, -0.2) is 17.2 Å². The number of para-hydroxylation sites is 1. The molecule has 0 amide bonds. The number of nitrogens with two attached hydrogens (primary N) is 1. The third kappa shape index (κ3) is 3.40. The van der Waals surface area contributed by atoms with E-state index in [2.05, 4.69) is 0 Å². The number of anilines is 1. The van der Waals surface area contributed by atoms with Crippen molar-refractivity contribution in [3.63, 3.8) is 0 Å². The van der Waals surface area contributed by atoms with Crippen molar-refractivity contribution in [3.05, 3.63) is 117 Å². The normalized spacial score (nSPS) is 18.6. The number of nitrogens with zero attached hydrogens (tertiary/aromatic N) is 2. The lowest BCUT2D eigenvalue weighted by atomic mass is 9.88. The molecule has 6 nitrogen and oxygen atoms in total. The second-order valence-corrected chi connectivity index (χ2v) is 9.66. The van der Waals surface area contributed by atoms with E-state index in [0.29, 0.717) is 16.8 Å². The monoisotopic (exact) mass is 477 g/mol. The summed E-state index contributed by atoms with van der Waals surface area (Å²) in [5, 5.41) is 9.82. The van der Waals surface area contributed by atoms with E-state index in [0.717, 1.165) is 0 Å². The summed E-state index contributed by atoms with van der Waals surface area (Å²) in [4.78, 5) is -0.204. The molecule has 3 aromatic rings. The smallest absolute Gasteiger partial charge is 0.265 e. The summed E-state index contributed by atoms with van der Waals surface area (Å²) in [6.07, 6.45) is 0. The fraction of sp³-hybridized carbons (Fsp3) is 0.0800. The first-order valence-corrected chi connectivity index (χ1v) is 11.7. The fourth-order valence-electron chi connectivity index (χ4n) is 4.25. The highest BCUT2D eigenvalue weighted by Gasteiger charge is 2.47. The predicted molar refractivity (Wildman–Crippen MR) is 122 cm³/mol. The van der Waals surface area contributed by atoms with Crippen LogP contribution in [0.15, 0.2) is 89.2 Å². The average Bonchev–Trinajstić information content (AvgIpc) is 2.82. The molecule has 34 heavy (non-hydrogen) atoms. The van der Waals surface area contributed by atoms with Crippen LogP contribution in [0.1, 0.15) is 22.6 Å². The summed E-state index contributed by atoms with van der Waals surface area (Å²) < 4.78 is 62.6. The molecule has 2 aliphatic rings. The van der Waals surface area contributed by atoms with Crippen molar-refractivity contribution in [1.29, 1.82) is 5.26 Å². The molecule has 0 radical (unpaired) electrons. The van der Waals surface area contributed by atoms with Gasteiger partial charge >= 0.3 is 0 Å². The minimum Gasteiger partial charge on any atom is -0.439 e. The highest BCUT2D eigenvalue weighted by molar-refractivity contribution is 7.96. The van der Waals surface area contributed by atoms with Crippen molar-refractivity contribution in [2.45, 2.75) is 12.5 Å². The van der Waals surface area contributed by atoms with Gasteiger partial charge in [-0.05, 0) is 47.5 Å². The quantitative estimate of drug-likeness (QED) is 0.600. The summed E-state index contributed by atoms with van der Waals surface area (Å²) in [7, 11) is -4.29. The minimum atomic E-state index is -4.29. The van der Waals surface area contributed by atoms with Crippen LogP contribution in [0.25, 0.3) is 5.76 Å². The number of halogens is 2. The van der Waals surface area contributed by atoms with E-state index in [1.54, 1.807) is 24.3 Å². The Morgan fingerprint density at radius 3 is 2.44 bits per heavy atom. The number of rotatable bonds is 3. The minimum absolute atomic E-state index is 0.00304. The maximum Gasteiger partial charge on any atom is 0.265 e. The van der Waals surface area contributed by atoms with Gasteiger partial charge in [-0.2, -0.15) is 5.26 Å². The van der Waals surface area contributed by atoms with E-state index in [4.69, 9.17) is 10.5 Å². The summed E-state index contributed by atoms with van der Waals surface area (Å²) >= 11 is 0. The Morgan fingerprint density at radius 2 is 1.74 bits per heavy atom. The second-order valence-electron chi connectivity index (χ2n) is 7.83. The van der Waals surface area contributed by atoms with Crippen LogP contribution in [0.3, 0.4) is 0 Å². The van der Waals surface area contributed by atoms with Crippen LogP contribution in [0, 0.1) is 23.0 Å². The van der Waals surface area contributed by atoms with Crippen LogP contribution in [0.2, 0.25) is 0 Å². The largest absolute Gasteiger partial charge is 0.439 e. The first-order valence-electron chi connectivity index (χ1n) is 10.2. The van der Waals surface area contributed by atoms with Crippen LogP contribution < -0.4 is 10.0 Å². The molecule has 0 fully saturated rings. The topological polar surface area (TPSA) is 96.4 Å². The number of ether oxygens (including phenoxy) is 1. The number of sulfonamides is 1. The molecule has 0 unspecified atom stereocenters. The lowest BCUT2D eigenvalue weighted by Gasteiger charge is -2.38. The van der Waals surface area contributed by atoms with Gasteiger partial charge in [0, 0.05) is 5.56 Å². The van der Waals surface area contributed by atoms with Crippen molar-refractivity contribution < 1.29 is 21.9 Å². The van der Waals surface area contributed by atoms with Gasteiger partial charge in [0.25, 0.3) is 10.0 Å². The van der Waals surface area contributed by atoms with Gasteiger partial charge in [0.15, 0.2) is 5.76 Å². The molecule has 2 heterocycles. The van der Waals surface area contributed by atoms with E-state index in [1.807, 2.05) is 6.07 Å². The molecule has 0 bridgehead atoms. The average molecular weight is 477 g/mol. The Labute approximate surface area is 194 Å². The fourth-order valence-corrected chi connectivity index (χ4v) is 6.17. The second kappa shape index (κ2) is 8.01. The maximum atomic E-state index is 14.1. The van der Waals surface area contributed by atoms with E-state index in [9.17, 15) is 22.5 Å². The zero-order valence-electron chi connectivity index (χ0n) is 17.6. The van der Waals surface area contributed by atoms with Gasteiger partial charge in [0.2, 0.25) is 5.88 Å². The predicted octanol–water partition coefficient (Wildman–Crippen LogP) is 4.49. The zero-order chi connectivity index (χ0) is 24.0. The van der Waals surface area contributed by atoms with Crippen LogP contribution >= 0.6 is 0 Å². The Bertz CT molecular complexity index is 1520. The molecule has 3 aromatic carbocycles. The lowest BCUT2D eigenvalue weighted by molar-refractivity contribution is 0.357. The highest BCUT2D eigenvalue weighted by atomic mass is 32.2. The number of benzene rings is 3. The van der Waals surface area contributed by atoms with Crippen molar-refractivity contribution in [2.75, 3.05) is 4.31 Å². The maximum absolute atomic E-state index is 14.1. The third-order valence-corrected chi connectivity index (χ3v) is 7.66. The van der Waals surface area contributed by atoms with Crippen LogP contribution in [0.4, 0.5) is 14.5 Å². The summed E-state index contributed by atoms with van der Waals surface area (Å²) in [6.45, 7) is -0.0899. The van der Waals surface area contributed by atoms with E-state index in [-0.39, 0.29) is 34.2 Å². The molecular weight excluding hydrogens is 460 g/mol. The van der Waals surface area contributed by atoms with Crippen LogP contribution in [-0.2, 0) is 21.3 Å². The molecule has 5 rings (SSSR count). The molecule has 0 saturated heterocycles. The van der Waals surface area contributed by atoms with E-state index in [1.165, 1.54) is 52.8 Å². The number of allylic oxidation sites excluding steroid dienone is 2. The van der Waals surface area contributed by atoms with Gasteiger partial charge in [-0.15, -0.1) is 0 Å². The summed E-state index contributed by atoms with van der Waals surface area (Å²) in [5.74, 6) is -2.44. The third-order valence-electron chi connectivity index (χ3n) is 5.78. The van der Waals surface area contributed by atoms with Gasteiger partial charge in [0.05, 0.1) is 18.2 Å². The first-order chi connectivity index (χ1) is 16.3. The Kier molecular flexibility index (Phi) is 5.10. The molecule has 170 valence electrons. The highest BCUT2D eigenvalue weighted by Crippen LogP contribution is 2.51. The van der Waals surface area contributed by atoms with Crippen molar-refractivity contribution >= 4 is 21.5 Å². The van der Waals surface area contributed by atoms with Crippen LogP contribution in [-0.4, -0.2) is 8.42 Å². The van der Waals surface area contributed by atoms with Crippen molar-refractivity contribution in [3.8, 4) is 6.07 Å². The number of hydrogen-bond donors (Lipinski definition) is 1. The Morgan fingerprint density at radius 1 is 1.00 bits per heavy atom. The van der Waals surface area contributed by atoms with Crippen molar-refractivity contribution in [1.82, 2.24) is 0 Å². The molecular formula is C25H17F2N3O3S. The molecule has 2 N–H and O–H groups in total. The SMILES string of the molecule is N#CC1=C(N)OC2=C([C@@H]1c1cccc(F)c1)S(=O)(=O)N(Cc1ccc(F)cc1)c1ccccc12. The van der Waals surface area contributed by atoms with E-state index >= 15 is 0 Å². The molecule has 0 aliphatic carbocycles. The Hall–Kier alpha value is -4.16. The number of fused-ring (bicyclic) bond motifs is 2. The van der Waals surface area contributed by atoms with Gasteiger partial charge < -0.3 is 10.5 Å². The summed E-state index contributed by atoms with van der Waals surface area (Å²) in [5.41, 5.74) is 7.52. The van der Waals surface area contributed by atoms with E-state index < -0.39 is 27.6 Å². The summed E-state index contributed by atoms with van der Waals surface area (Å²) in [6, 6.07) is 19.5. The molecule has 0 saturated carbocycles. The Balaban J connectivity index is 1.76. The molecule has 0 aromatic heterocycles. The first kappa shape index (κ1) is 21.7. The number of nitriles is 1. The van der Waals surface area contributed by atoms with Gasteiger partial charge in [0.1, 0.15) is 28.2 Å².